The van der Waals surface area contributed by atoms with Gasteiger partial charge in [-0.3, -0.25) is 0 Å². The molecule has 1 aromatic heterocycles. The van der Waals surface area contributed by atoms with E-state index in [0.717, 1.165) is 5.69 Å². The van der Waals surface area contributed by atoms with E-state index >= 15 is 0 Å². The second kappa shape index (κ2) is 3.19. The largest absolute Gasteiger partial charge is 0.590 e. The number of nitrogens with zero attached hydrogens (tertiary/aromatic N) is 5. The summed E-state index contributed by atoms with van der Waals surface area (Å²) in [4.78, 5) is 2.12. The molecule has 0 N–H and O–H groups in total. The topological polar surface area (TPSA) is 82.9 Å². The van der Waals surface area contributed by atoms with Crippen LogP contribution in [0, 0.1) is 10.4 Å². The lowest BCUT2D eigenvalue weighted by Gasteiger charge is -2.11. The molecular weight excluding hydrogens is 198 g/mol. The molecule has 1 heterocycles. The van der Waals surface area contributed by atoms with Gasteiger partial charge in [0.05, 0.1) is 5.10 Å². The van der Waals surface area contributed by atoms with Crippen LogP contribution in [0.4, 0.5) is 5.69 Å². The summed E-state index contributed by atoms with van der Waals surface area (Å²) in [6, 6.07) is 4.99. The van der Waals surface area contributed by atoms with Gasteiger partial charge in [-0.2, -0.15) is 0 Å². The highest BCUT2D eigenvalue weighted by Gasteiger charge is 2.13. The van der Waals surface area contributed by atoms with Gasteiger partial charge in [-0.05, 0) is 6.07 Å². The van der Waals surface area contributed by atoms with Crippen LogP contribution in [0.2, 0.25) is 0 Å². The molecule has 2 aromatic rings. The predicted octanol–water partition coefficient (Wildman–Crippen LogP) is -1.04. The minimum atomic E-state index is 0.00870. The Morgan fingerprint density at radius 3 is 2.67 bits per heavy atom. The number of fused-ring (bicyclic) bond motifs is 1. The van der Waals surface area contributed by atoms with Gasteiger partial charge in [0.25, 0.3) is 5.52 Å². The molecule has 7 nitrogen and oxygen atoms in total. The Morgan fingerprint density at radius 2 is 2.00 bits per heavy atom. The molecule has 7 heteroatoms. The molecule has 0 aliphatic rings. The quantitative estimate of drug-likeness (QED) is 0.440. The molecule has 0 radical (unpaired) electrons. The molecule has 0 bridgehead atoms. The second-order valence-electron chi connectivity index (χ2n) is 3.28. The number of rotatable bonds is 1. The molecule has 0 saturated heterocycles. The van der Waals surface area contributed by atoms with Crippen LogP contribution in [-0.2, 0) is 0 Å². The maximum atomic E-state index is 11.2. The van der Waals surface area contributed by atoms with Crippen LogP contribution in [-0.4, -0.2) is 24.4 Å². The first-order chi connectivity index (χ1) is 7.08. The van der Waals surface area contributed by atoms with Crippen molar-refractivity contribution in [3.8, 4) is 0 Å². The normalized spacial score (nSPS) is 10.5. The van der Waals surface area contributed by atoms with Gasteiger partial charge >= 0.3 is 5.21 Å². The Hall–Kier alpha value is -2.18. The first kappa shape index (κ1) is 9.38. The molecule has 0 amide bonds. The van der Waals surface area contributed by atoms with Gasteiger partial charge in [-0.15, -0.1) is 0 Å². The molecule has 0 atom stereocenters. The molecule has 0 unspecified atom stereocenters. The molecule has 0 saturated carbocycles. The smallest absolute Gasteiger partial charge is 0.326 e. The zero-order chi connectivity index (χ0) is 11.0. The molecule has 0 spiro atoms. The average molecular weight is 207 g/mol. The fourth-order valence-electron chi connectivity index (χ4n) is 1.26. The van der Waals surface area contributed by atoms with Crippen molar-refractivity contribution in [3.05, 3.63) is 28.6 Å². The maximum Gasteiger partial charge on any atom is 0.326 e. The zero-order valence-corrected chi connectivity index (χ0v) is 8.28. The Bertz CT molecular complexity index is 514. The fraction of sp³-hybridized carbons (Fsp3) is 0.250. The van der Waals surface area contributed by atoms with Crippen molar-refractivity contribution < 1.29 is 9.80 Å². The molecule has 15 heavy (non-hydrogen) atoms. The summed E-state index contributed by atoms with van der Waals surface area (Å²) in [7, 11) is 3.72. The van der Waals surface area contributed by atoms with E-state index in [0.29, 0.717) is 5.52 Å². The lowest BCUT2D eigenvalue weighted by Crippen LogP contribution is -2.50. The average Bonchev–Trinajstić information content (AvgIpc) is 2.16. The van der Waals surface area contributed by atoms with E-state index in [2.05, 4.69) is 10.3 Å². The van der Waals surface area contributed by atoms with Crippen molar-refractivity contribution in [1.82, 2.24) is 10.3 Å². The lowest BCUT2D eigenvalue weighted by atomic mass is 10.2. The third-order valence-electron chi connectivity index (χ3n) is 2.03. The molecule has 0 aliphatic carbocycles. The van der Waals surface area contributed by atoms with Gasteiger partial charge in [0, 0.05) is 36.8 Å². The van der Waals surface area contributed by atoms with E-state index in [1.165, 1.54) is 0 Å². The number of aromatic nitrogens is 4. The molecule has 78 valence electrons. The first-order valence-corrected chi connectivity index (χ1v) is 4.27. The van der Waals surface area contributed by atoms with Gasteiger partial charge < -0.3 is 15.3 Å². The molecule has 2 rings (SSSR count). The number of hydrogen-bond donors (Lipinski definition) is 0. The Kier molecular flexibility index (Phi) is 2.00. The summed E-state index contributed by atoms with van der Waals surface area (Å²) in [5.74, 6) is 0. The highest BCUT2D eigenvalue weighted by Crippen LogP contribution is 2.15. The van der Waals surface area contributed by atoms with Gasteiger partial charge in [-0.25, -0.2) is 0 Å². The van der Waals surface area contributed by atoms with Gasteiger partial charge in [-0.1, -0.05) is 0 Å². The van der Waals surface area contributed by atoms with E-state index in [9.17, 15) is 10.4 Å². The van der Waals surface area contributed by atoms with Crippen LogP contribution in [0.5, 0.6) is 0 Å². The van der Waals surface area contributed by atoms with Crippen LogP contribution in [0.25, 0.3) is 11.0 Å². The van der Waals surface area contributed by atoms with E-state index in [1.807, 2.05) is 19.0 Å². The predicted molar refractivity (Wildman–Crippen MR) is 51.8 cm³/mol. The molecule has 0 aliphatic heterocycles. The van der Waals surface area contributed by atoms with Crippen LogP contribution in [0.1, 0.15) is 0 Å². The highest BCUT2D eigenvalue weighted by molar-refractivity contribution is 5.75. The fourth-order valence-corrected chi connectivity index (χ4v) is 1.26. The first-order valence-electron chi connectivity index (χ1n) is 4.27. The minimum Gasteiger partial charge on any atom is -0.590 e. The van der Waals surface area contributed by atoms with Gasteiger partial charge in [0.15, 0.2) is 0 Å². The Labute approximate surface area is 85.3 Å². The van der Waals surface area contributed by atoms with Crippen LogP contribution in [0.15, 0.2) is 18.2 Å². The van der Waals surface area contributed by atoms with Crippen molar-refractivity contribution in [2.24, 2.45) is 0 Å². The summed E-state index contributed by atoms with van der Waals surface area (Å²) in [5, 5.41) is 28.7. The third kappa shape index (κ3) is 1.58. The summed E-state index contributed by atoms with van der Waals surface area (Å²) >= 11 is 0. The van der Waals surface area contributed by atoms with Crippen molar-refractivity contribution >= 4 is 16.7 Å². The van der Waals surface area contributed by atoms with Crippen molar-refractivity contribution in [1.29, 1.82) is 0 Å². The minimum absolute atomic E-state index is 0.00870. The number of hydrogen-bond acceptors (Lipinski definition) is 5. The Morgan fingerprint density at radius 1 is 1.27 bits per heavy atom. The summed E-state index contributed by atoms with van der Waals surface area (Å²) in [6.07, 6.45) is 0. The van der Waals surface area contributed by atoms with E-state index in [-0.39, 0.29) is 15.3 Å². The van der Waals surface area contributed by atoms with E-state index in [4.69, 9.17) is 0 Å². The Balaban J connectivity index is 2.71. The monoisotopic (exact) mass is 207 g/mol. The van der Waals surface area contributed by atoms with Crippen molar-refractivity contribution in [2.75, 3.05) is 19.0 Å². The van der Waals surface area contributed by atoms with Crippen LogP contribution in [0.3, 0.4) is 0 Å². The highest BCUT2D eigenvalue weighted by atomic mass is 16.6. The standard InChI is InChI=1S/C8H9N5O2/c1-11(2)6-3-4-8-7(5-6)9-13(15)10-12(8)14/h3-5H,1-2H3. The van der Waals surface area contributed by atoms with E-state index < -0.39 is 0 Å². The lowest BCUT2D eigenvalue weighted by molar-refractivity contribution is -0.863. The number of benzene rings is 1. The maximum absolute atomic E-state index is 11.2. The molecular formula is C8H9N5O2. The summed E-state index contributed by atoms with van der Waals surface area (Å²) in [6.45, 7) is 0. The second-order valence-corrected chi connectivity index (χ2v) is 3.28. The molecule has 1 aromatic carbocycles. The van der Waals surface area contributed by atoms with Crippen molar-refractivity contribution in [2.45, 2.75) is 0 Å². The summed E-state index contributed by atoms with van der Waals surface area (Å²) < 4.78 is 0. The molecule has 0 fully saturated rings. The van der Waals surface area contributed by atoms with Crippen LogP contribution < -0.4 is 14.7 Å². The van der Waals surface area contributed by atoms with Gasteiger partial charge in [0.2, 0.25) is 5.52 Å². The third-order valence-corrected chi connectivity index (χ3v) is 2.03. The van der Waals surface area contributed by atoms with Crippen LogP contribution >= 0.6 is 0 Å². The van der Waals surface area contributed by atoms with Gasteiger partial charge in [0.1, 0.15) is 4.96 Å². The SMILES string of the molecule is CN(C)c1ccc2c(c1)n[n+]([O-])n[n+]2[O-]. The zero-order valence-electron chi connectivity index (χ0n) is 8.28. The summed E-state index contributed by atoms with van der Waals surface area (Å²) in [5.41, 5.74) is 1.45. The van der Waals surface area contributed by atoms with E-state index in [1.54, 1.807) is 18.2 Å². The number of anilines is 1. The van der Waals surface area contributed by atoms with Crippen molar-refractivity contribution in [3.63, 3.8) is 0 Å².